The summed E-state index contributed by atoms with van der Waals surface area (Å²) in [6.07, 6.45) is 0. The molecule has 1 aliphatic rings. The largest absolute Gasteiger partial charge is 0.360 e. The Labute approximate surface area is 112 Å². The Balaban J connectivity index is 1.73. The fourth-order valence-electron chi connectivity index (χ4n) is 2.67. The number of hydrogen-bond donors (Lipinski definition) is 1. The maximum absolute atomic E-state index is 8.98. The summed E-state index contributed by atoms with van der Waals surface area (Å²) in [5.74, 6) is 0. The molecule has 0 fully saturated rings. The molecule has 0 saturated heterocycles. The lowest BCUT2D eigenvalue weighted by atomic mass is 10.2. The molecule has 0 spiro atoms. The van der Waals surface area contributed by atoms with Gasteiger partial charge in [0.05, 0.1) is 23.5 Å². The van der Waals surface area contributed by atoms with E-state index in [-0.39, 0.29) is 0 Å². The van der Waals surface area contributed by atoms with Gasteiger partial charge in [-0.2, -0.15) is 10.4 Å². The molecule has 0 amide bonds. The zero-order chi connectivity index (χ0) is 13.4. The Bertz CT molecular complexity index is 643. The lowest BCUT2D eigenvalue weighted by Gasteiger charge is -2.27. The van der Waals surface area contributed by atoms with Crippen LogP contribution in [0.25, 0.3) is 0 Å². The fraction of sp³-hybridized carbons (Fsp3) is 0.429. The fourth-order valence-corrected chi connectivity index (χ4v) is 2.67. The number of aromatic nitrogens is 3. The van der Waals surface area contributed by atoms with Gasteiger partial charge in [0.1, 0.15) is 6.07 Å². The monoisotopic (exact) mass is 255 g/mol. The van der Waals surface area contributed by atoms with Crippen molar-refractivity contribution in [2.75, 3.05) is 6.54 Å². The molecule has 2 aromatic heterocycles. The molecule has 2 aromatic rings. The molecule has 0 bridgehead atoms. The van der Waals surface area contributed by atoms with Crippen molar-refractivity contribution in [3.05, 3.63) is 40.5 Å². The first kappa shape index (κ1) is 12.0. The second-order valence-corrected chi connectivity index (χ2v) is 5.16. The van der Waals surface area contributed by atoms with Gasteiger partial charge in [0.2, 0.25) is 0 Å². The Morgan fingerprint density at radius 3 is 2.95 bits per heavy atom. The second-order valence-electron chi connectivity index (χ2n) is 5.16. The number of H-pyrrole nitrogens is 1. The first-order valence-electron chi connectivity index (χ1n) is 6.50. The standard InChI is InChI=1S/C14H17N5/c1-10-5-14-9-18(3-4-19(14)17-10)8-13-6-12(7-15)11(2)16-13/h5-6,16H,3-4,8-9H2,1-2H3. The van der Waals surface area contributed by atoms with Gasteiger partial charge in [0, 0.05) is 31.0 Å². The summed E-state index contributed by atoms with van der Waals surface area (Å²) in [6, 6.07) is 6.30. The minimum absolute atomic E-state index is 0.743. The van der Waals surface area contributed by atoms with Crippen molar-refractivity contribution in [1.82, 2.24) is 19.7 Å². The van der Waals surface area contributed by atoms with Crippen LogP contribution in [0.1, 0.15) is 28.3 Å². The molecule has 0 unspecified atom stereocenters. The quantitative estimate of drug-likeness (QED) is 0.888. The predicted octanol–water partition coefficient (Wildman–Crippen LogP) is 1.72. The van der Waals surface area contributed by atoms with Crippen LogP contribution in [0.15, 0.2) is 12.1 Å². The number of aryl methyl sites for hydroxylation is 2. The average molecular weight is 255 g/mol. The smallest absolute Gasteiger partial charge is 0.101 e. The molecular weight excluding hydrogens is 238 g/mol. The maximum Gasteiger partial charge on any atom is 0.101 e. The molecule has 3 rings (SSSR count). The van der Waals surface area contributed by atoms with Crippen LogP contribution >= 0.6 is 0 Å². The molecule has 0 aromatic carbocycles. The van der Waals surface area contributed by atoms with Gasteiger partial charge in [-0.15, -0.1) is 0 Å². The zero-order valence-electron chi connectivity index (χ0n) is 11.3. The normalized spacial score (nSPS) is 15.2. The Hall–Kier alpha value is -2.06. The van der Waals surface area contributed by atoms with E-state index in [2.05, 4.69) is 31.8 Å². The summed E-state index contributed by atoms with van der Waals surface area (Å²) in [6.45, 7) is 7.68. The van der Waals surface area contributed by atoms with E-state index in [4.69, 9.17) is 5.26 Å². The molecule has 3 heterocycles. The summed E-state index contributed by atoms with van der Waals surface area (Å²) in [5, 5.41) is 13.4. The Kier molecular flexibility index (Phi) is 2.88. The Morgan fingerprint density at radius 1 is 1.37 bits per heavy atom. The van der Waals surface area contributed by atoms with Gasteiger partial charge < -0.3 is 4.98 Å². The van der Waals surface area contributed by atoms with Crippen LogP contribution in [0.2, 0.25) is 0 Å². The molecule has 0 aliphatic carbocycles. The third kappa shape index (κ3) is 2.27. The second kappa shape index (κ2) is 4.56. The number of rotatable bonds is 2. The molecule has 19 heavy (non-hydrogen) atoms. The van der Waals surface area contributed by atoms with Gasteiger partial charge in [-0.25, -0.2) is 0 Å². The lowest BCUT2D eigenvalue weighted by molar-refractivity contribution is 0.203. The number of nitriles is 1. The van der Waals surface area contributed by atoms with Crippen molar-refractivity contribution in [1.29, 1.82) is 5.26 Å². The minimum atomic E-state index is 0.743. The van der Waals surface area contributed by atoms with E-state index in [1.54, 1.807) is 0 Å². The van der Waals surface area contributed by atoms with E-state index in [1.165, 1.54) is 5.69 Å². The SMILES string of the molecule is Cc1cc2n(n1)CCN(Cc1cc(C#N)c(C)[nH]1)C2. The van der Waals surface area contributed by atoms with Crippen molar-refractivity contribution in [2.45, 2.75) is 33.5 Å². The van der Waals surface area contributed by atoms with Crippen LogP contribution in [0.5, 0.6) is 0 Å². The summed E-state index contributed by atoms with van der Waals surface area (Å²) in [7, 11) is 0. The first-order valence-corrected chi connectivity index (χ1v) is 6.50. The van der Waals surface area contributed by atoms with Crippen LogP contribution in [0.3, 0.4) is 0 Å². The van der Waals surface area contributed by atoms with Gasteiger partial charge >= 0.3 is 0 Å². The van der Waals surface area contributed by atoms with Crippen LogP contribution in [-0.2, 0) is 19.6 Å². The molecule has 0 radical (unpaired) electrons. The van der Waals surface area contributed by atoms with E-state index in [0.29, 0.717) is 0 Å². The Morgan fingerprint density at radius 2 is 2.21 bits per heavy atom. The van der Waals surface area contributed by atoms with E-state index in [1.807, 2.05) is 19.9 Å². The van der Waals surface area contributed by atoms with Crippen LogP contribution in [-0.4, -0.2) is 26.2 Å². The first-order chi connectivity index (χ1) is 9.15. The summed E-state index contributed by atoms with van der Waals surface area (Å²) < 4.78 is 2.09. The van der Waals surface area contributed by atoms with Crippen molar-refractivity contribution in [3.63, 3.8) is 0 Å². The van der Waals surface area contributed by atoms with Crippen molar-refractivity contribution in [3.8, 4) is 6.07 Å². The summed E-state index contributed by atoms with van der Waals surface area (Å²) >= 11 is 0. The number of aromatic amines is 1. The van der Waals surface area contributed by atoms with Crippen molar-refractivity contribution >= 4 is 0 Å². The van der Waals surface area contributed by atoms with E-state index in [9.17, 15) is 0 Å². The highest BCUT2D eigenvalue weighted by Crippen LogP contribution is 2.17. The third-order valence-electron chi connectivity index (χ3n) is 3.58. The molecule has 0 saturated carbocycles. The van der Waals surface area contributed by atoms with Crippen molar-refractivity contribution in [2.24, 2.45) is 0 Å². The summed E-state index contributed by atoms with van der Waals surface area (Å²) in [5.41, 5.74) is 5.16. The highest BCUT2D eigenvalue weighted by atomic mass is 15.3. The number of hydrogen-bond acceptors (Lipinski definition) is 3. The average Bonchev–Trinajstić information content (AvgIpc) is 2.90. The maximum atomic E-state index is 8.98. The number of nitrogens with zero attached hydrogens (tertiary/aromatic N) is 4. The number of fused-ring (bicyclic) bond motifs is 1. The zero-order valence-corrected chi connectivity index (χ0v) is 11.3. The topological polar surface area (TPSA) is 60.6 Å². The molecule has 98 valence electrons. The molecule has 0 atom stereocenters. The van der Waals surface area contributed by atoms with Crippen LogP contribution < -0.4 is 0 Å². The molecule has 5 heteroatoms. The van der Waals surface area contributed by atoms with Gasteiger partial charge in [0.15, 0.2) is 0 Å². The lowest BCUT2D eigenvalue weighted by Crippen LogP contribution is -2.33. The highest BCUT2D eigenvalue weighted by Gasteiger charge is 2.18. The molecular formula is C14H17N5. The van der Waals surface area contributed by atoms with E-state index >= 15 is 0 Å². The molecule has 1 aliphatic heterocycles. The van der Waals surface area contributed by atoms with Crippen LogP contribution in [0.4, 0.5) is 0 Å². The number of nitrogens with one attached hydrogen (secondary N) is 1. The van der Waals surface area contributed by atoms with Gasteiger partial charge in [0.25, 0.3) is 0 Å². The van der Waals surface area contributed by atoms with E-state index in [0.717, 1.165) is 48.8 Å². The van der Waals surface area contributed by atoms with Crippen LogP contribution in [0, 0.1) is 25.2 Å². The minimum Gasteiger partial charge on any atom is -0.360 e. The van der Waals surface area contributed by atoms with E-state index < -0.39 is 0 Å². The van der Waals surface area contributed by atoms with Crippen molar-refractivity contribution < 1.29 is 0 Å². The van der Waals surface area contributed by atoms with Gasteiger partial charge in [-0.05, 0) is 26.0 Å². The highest BCUT2D eigenvalue weighted by molar-refractivity contribution is 5.35. The molecule has 5 nitrogen and oxygen atoms in total. The van der Waals surface area contributed by atoms with Gasteiger partial charge in [-0.3, -0.25) is 9.58 Å². The third-order valence-corrected chi connectivity index (χ3v) is 3.58. The summed E-state index contributed by atoms with van der Waals surface area (Å²) in [4.78, 5) is 5.66. The predicted molar refractivity (Wildman–Crippen MR) is 71.3 cm³/mol. The molecule has 1 N–H and O–H groups in total. The van der Waals surface area contributed by atoms with Gasteiger partial charge in [-0.1, -0.05) is 0 Å².